The fourth-order valence-corrected chi connectivity index (χ4v) is 3.24. The summed E-state index contributed by atoms with van der Waals surface area (Å²) >= 11 is 7.21. The molecule has 2 aromatic rings. The van der Waals surface area contributed by atoms with Gasteiger partial charge in [0.25, 0.3) is 0 Å². The molecule has 6 heteroatoms. The molecule has 2 rings (SSSR count). The molecule has 1 aromatic carbocycles. The van der Waals surface area contributed by atoms with Crippen LogP contribution < -0.4 is 5.32 Å². The van der Waals surface area contributed by atoms with Crippen LogP contribution in [-0.2, 0) is 9.53 Å². The number of benzene rings is 1. The zero-order valence-corrected chi connectivity index (χ0v) is 14.8. The molecule has 0 unspecified atom stereocenters. The Balaban J connectivity index is 2.39. The molecule has 0 aliphatic rings. The average molecular weight is 352 g/mol. The average Bonchev–Trinajstić information content (AvgIpc) is 2.89. The number of rotatable bonds is 5. The van der Waals surface area contributed by atoms with Gasteiger partial charge in [-0.15, -0.1) is 11.3 Å². The molecule has 0 saturated heterocycles. The molecule has 0 bridgehead atoms. The third-order valence-electron chi connectivity index (χ3n) is 3.18. The Morgan fingerprint density at radius 2 is 1.91 bits per heavy atom. The first-order valence-electron chi connectivity index (χ1n) is 7.18. The first kappa shape index (κ1) is 17.5. The van der Waals surface area contributed by atoms with E-state index >= 15 is 0 Å². The summed E-state index contributed by atoms with van der Waals surface area (Å²) in [4.78, 5) is 24.2. The lowest BCUT2D eigenvalue weighted by Crippen LogP contribution is -2.15. The van der Waals surface area contributed by atoms with Gasteiger partial charge in [-0.3, -0.25) is 4.79 Å². The van der Waals surface area contributed by atoms with Gasteiger partial charge in [0.1, 0.15) is 10.6 Å². The fraction of sp³-hybridized carbons (Fsp3) is 0.294. The maximum absolute atomic E-state index is 12.2. The highest BCUT2D eigenvalue weighted by Gasteiger charge is 2.22. The standard InChI is InChI=1S/C17H18ClNO3S/c1-10(2)8-14(20)19-16-15(17(21)22-3)13(9-23-16)11-4-6-12(18)7-5-11/h4-7,9-10H,8H2,1-3H3,(H,19,20). The largest absolute Gasteiger partial charge is 0.465 e. The van der Waals surface area contributed by atoms with Gasteiger partial charge in [-0.2, -0.15) is 0 Å². The minimum absolute atomic E-state index is 0.116. The van der Waals surface area contributed by atoms with Gasteiger partial charge in [0, 0.05) is 22.4 Å². The van der Waals surface area contributed by atoms with Crippen molar-refractivity contribution in [2.24, 2.45) is 5.92 Å². The van der Waals surface area contributed by atoms with Gasteiger partial charge < -0.3 is 10.1 Å². The molecule has 0 atom stereocenters. The highest BCUT2D eigenvalue weighted by molar-refractivity contribution is 7.15. The SMILES string of the molecule is COC(=O)c1c(-c2ccc(Cl)cc2)csc1NC(=O)CC(C)C. The number of ether oxygens (including phenoxy) is 1. The van der Waals surface area contributed by atoms with E-state index in [2.05, 4.69) is 5.32 Å². The van der Waals surface area contributed by atoms with Crippen LogP contribution in [0.5, 0.6) is 0 Å². The number of hydrogen-bond donors (Lipinski definition) is 1. The number of anilines is 1. The maximum Gasteiger partial charge on any atom is 0.341 e. The van der Waals surface area contributed by atoms with Crippen LogP contribution in [0.3, 0.4) is 0 Å². The van der Waals surface area contributed by atoms with Crippen LogP contribution >= 0.6 is 22.9 Å². The number of carbonyl (C=O) groups is 2. The van der Waals surface area contributed by atoms with Crippen molar-refractivity contribution in [3.8, 4) is 11.1 Å². The minimum Gasteiger partial charge on any atom is -0.465 e. The predicted octanol–water partition coefficient (Wildman–Crippen LogP) is 4.84. The maximum atomic E-state index is 12.2. The zero-order chi connectivity index (χ0) is 17.0. The molecule has 122 valence electrons. The van der Waals surface area contributed by atoms with E-state index in [-0.39, 0.29) is 11.8 Å². The molecule has 1 aromatic heterocycles. The summed E-state index contributed by atoms with van der Waals surface area (Å²) < 4.78 is 4.87. The zero-order valence-electron chi connectivity index (χ0n) is 13.2. The van der Waals surface area contributed by atoms with E-state index in [4.69, 9.17) is 16.3 Å². The molecule has 0 saturated carbocycles. The van der Waals surface area contributed by atoms with E-state index in [9.17, 15) is 9.59 Å². The van der Waals surface area contributed by atoms with Crippen LogP contribution in [0.1, 0.15) is 30.6 Å². The Kier molecular flexibility index (Phi) is 5.80. The number of amides is 1. The lowest BCUT2D eigenvalue weighted by molar-refractivity contribution is -0.116. The van der Waals surface area contributed by atoms with Gasteiger partial charge >= 0.3 is 5.97 Å². The van der Waals surface area contributed by atoms with Crippen LogP contribution in [0.15, 0.2) is 29.6 Å². The van der Waals surface area contributed by atoms with Crippen molar-refractivity contribution in [3.63, 3.8) is 0 Å². The summed E-state index contributed by atoms with van der Waals surface area (Å²) in [5.41, 5.74) is 1.94. The van der Waals surface area contributed by atoms with Crippen molar-refractivity contribution in [2.75, 3.05) is 12.4 Å². The van der Waals surface area contributed by atoms with Crippen molar-refractivity contribution in [2.45, 2.75) is 20.3 Å². The molecule has 0 radical (unpaired) electrons. The van der Waals surface area contributed by atoms with Crippen molar-refractivity contribution in [1.82, 2.24) is 0 Å². The lowest BCUT2D eigenvalue weighted by Gasteiger charge is -2.09. The van der Waals surface area contributed by atoms with Crippen LogP contribution in [-0.4, -0.2) is 19.0 Å². The number of hydrogen-bond acceptors (Lipinski definition) is 4. The molecule has 1 N–H and O–H groups in total. The Morgan fingerprint density at radius 3 is 2.48 bits per heavy atom. The van der Waals surface area contributed by atoms with Crippen molar-refractivity contribution >= 4 is 39.8 Å². The molecule has 0 fully saturated rings. The van der Waals surface area contributed by atoms with E-state index in [1.54, 1.807) is 12.1 Å². The number of esters is 1. The second-order valence-corrected chi connectivity index (χ2v) is 6.81. The third-order valence-corrected chi connectivity index (χ3v) is 4.33. The van der Waals surface area contributed by atoms with Crippen molar-refractivity contribution in [3.05, 3.63) is 40.2 Å². The van der Waals surface area contributed by atoms with Gasteiger partial charge in [0.05, 0.1) is 7.11 Å². The summed E-state index contributed by atoms with van der Waals surface area (Å²) in [6.07, 6.45) is 0.398. The molecule has 23 heavy (non-hydrogen) atoms. The normalized spacial score (nSPS) is 10.7. The van der Waals surface area contributed by atoms with Crippen LogP contribution in [0.25, 0.3) is 11.1 Å². The fourth-order valence-electron chi connectivity index (χ4n) is 2.14. The van der Waals surface area contributed by atoms with E-state index in [0.717, 1.165) is 11.1 Å². The number of carbonyl (C=O) groups excluding carboxylic acids is 2. The van der Waals surface area contributed by atoms with Crippen molar-refractivity contribution < 1.29 is 14.3 Å². The van der Waals surface area contributed by atoms with Crippen LogP contribution in [0, 0.1) is 5.92 Å². The van der Waals surface area contributed by atoms with Gasteiger partial charge in [-0.1, -0.05) is 37.6 Å². The smallest absolute Gasteiger partial charge is 0.341 e. The Bertz CT molecular complexity index is 707. The second-order valence-electron chi connectivity index (χ2n) is 5.50. The summed E-state index contributed by atoms with van der Waals surface area (Å²) in [5.74, 6) is -0.349. The lowest BCUT2D eigenvalue weighted by atomic mass is 10.0. The molecule has 1 heterocycles. The molecule has 0 aliphatic carbocycles. The number of methoxy groups -OCH3 is 1. The molecular formula is C17H18ClNO3S. The number of halogens is 1. The molecule has 1 amide bonds. The molecule has 0 spiro atoms. The predicted molar refractivity (Wildman–Crippen MR) is 94.2 cm³/mol. The first-order valence-corrected chi connectivity index (χ1v) is 8.43. The molecule has 0 aliphatic heterocycles. The summed E-state index contributed by atoms with van der Waals surface area (Å²) in [6.45, 7) is 3.93. The third kappa shape index (κ3) is 4.33. The Labute approximate surface area is 144 Å². The second kappa shape index (κ2) is 7.62. The number of thiophene rings is 1. The quantitative estimate of drug-likeness (QED) is 0.784. The topological polar surface area (TPSA) is 55.4 Å². The van der Waals surface area contributed by atoms with Crippen LogP contribution in [0.4, 0.5) is 5.00 Å². The van der Waals surface area contributed by atoms with Crippen molar-refractivity contribution in [1.29, 1.82) is 0 Å². The van der Waals surface area contributed by atoms with E-state index < -0.39 is 5.97 Å². The number of nitrogens with one attached hydrogen (secondary N) is 1. The Morgan fingerprint density at radius 1 is 1.26 bits per heavy atom. The van der Waals surface area contributed by atoms with E-state index in [1.165, 1.54) is 18.4 Å². The van der Waals surface area contributed by atoms with E-state index in [0.29, 0.717) is 22.0 Å². The van der Waals surface area contributed by atoms with Crippen LogP contribution in [0.2, 0.25) is 5.02 Å². The first-order chi connectivity index (χ1) is 10.9. The summed E-state index contributed by atoms with van der Waals surface area (Å²) in [5, 5.41) is 5.77. The Hall–Kier alpha value is -1.85. The van der Waals surface area contributed by atoms with Gasteiger partial charge in [0.2, 0.25) is 5.91 Å². The highest BCUT2D eigenvalue weighted by Crippen LogP contribution is 2.36. The van der Waals surface area contributed by atoms with Gasteiger partial charge in [-0.25, -0.2) is 4.79 Å². The van der Waals surface area contributed by atoms with E-state index in [1.807, 2.05) is 31.4 Å². The minimum atomic E-state index is -0.476. The summed E-state index contributed by atoms with van der Waals surface area (Å²) in [7, 11) is 1.32. The monoisotopic (exact) mass is 351 g/mol. The molecular weight excluding hydrogens is 334 g/mol. The molecule has 4 nitrogen and oxygen atoms in total. The summed E-state index contributed by atoms with van der Waals surface area (Å²) in [6, 6.07) is 7.17. The van der Waals surface area contributed by atoms with Gasteiger partial charge in [-0.05, 0) is 23.6 Å². The van der Waals surface area contributed by atoms with Gasteiger partial charge in [0.15, 0.2) is 0 Å². The highest BCUT2D eigenvalue weighted by atomic mass is 35.5.